The van der Waals surface area contributed by atoms with Crippen LogP contribution in [-0.2, 0) is 6.54 Å². The van der Waals surface area contributed by atoms with Crippen molar-refractivity contribution in [1.29, 1.82) is 0 Å². The molecule has 4 heteroatoms. The first-order valence-electron chi connectivity index (χ1n) is 3.77. The van der Waals surface area contributed by atoms with Crippen LogP contribution in [0.25, 0.3) is 11.0 Å². The van der Waals surface area contributed by atoms with Gasteiger partial charge in [0, 0.05) is 12.7 Å². The highest BCUT2D eigenvalue weighted by atomic mass is 16.3. The van der Waals surface area contributed by atoms with Crippen molar-refractivity contribution >= 4 is 11.0 Å². The molecule has 0 aliphatic heterocycles. The summed E-state index contributed by atoms with van der Waals surface area (Å²) in [6, 6.07) is 1.91. The van der Waals surface area contributed by atoms with E-state index in [1.807, 2.05) is 16.8 Å². The Morgan fingerprint density at radius 3 is 3.25 bits per heavy atom. The van der Waals surface area contributed by atoms with E-state index in [0.717, 1.165) is 11.0 Å². The monoisotopic (exact) mass is 163 g/mol. The molecule has 0 saturated heterocycles. The lowest BCUT2D eigenvalue weighted by atomic mass is 10.5. The Labute approximate surface area is 69.5 Å². The molecule has 0 spiro atoms. The predicted molar refractivity (Wildman–Crippen MR) is 44.6 cm³/mol. The van der Waals surface area contributed by atoms with Crippen LogP contribution in [0, 0.1) is 0 Å². The maximum Gasteiger partial charge on any atom is 0.116 e. The van der Waals surface area contributed by atoms with E-state index in [9.17, 15) is 0 Å². The van der Waals surface area contributed by atoms with E-state index in [1.165, 1.54) is 6.33 Å². The van der Waals surface area contributed by atoms with E-state index in [2.05, 4.69) is 9.97 Å². The molecule has 0 saturated carbocycles. The van der Waals surface area contributed by atoms with Crippen LogP contribution in [0.3, 0.4) is 0 Å². The highest BCUT2D eigenvalue weighted by Gasteiger charge is 1.99. The lowest BCUT2D eigenvalue weighted by Gasteiger charge is -1.99. The third-order valence-electron chi connectivity index (χ3n) is 1.79. The summed E-state index contributed by atoms with van der Waals surface area (Å²) in [5, 5.41) is 8.74. The molecule has 0 radical (unpaired) electrons. The van der Waals surface area contributed by atoms with Crippen molar-refractivity contribution in [2.24, 2.45) is 0 Å². The Hall–Kier alpha value is -1.42. The number of nitrogens with zero attached hydrogens (tertiary/aromatic N) is 3. The van der Waals surface area contributed by atoms with Gasteiger partial charge in [0.2, 0.25) is 0 Å². The number of hydrogen-bond donors (Lipinski definition) is 1. The lowest BCUT2D eigenvalue weighted by Crippen LogP contribution is -1.99. The van der Waals surface area contributed by atoms with Crippen molar-refractivity contribution in [3.8, 4) is 0 Å². The fourth-order valence-corrected chi connectivity index (χ4v) is 1.23. The van der Waals surface area contributed by atoms with Crippen LogP contribution in [0.1, 0.15) is 0 Å². The smallest absolute Gasteiger partial charge is 0.116 e. The van der Waals surface area contributed by atoms with Gasteiger partial charge in [-0.15, -0.1) is 0 Å². The molecule has 2 heterocycles. The summed E-state index contributed by atoms with van der Waals surface area (Å²) in [5.41, 5.74) is 1.88. The molecular weight excluding hydrogens is 154 g/mol. The van der Waals surface area contributed by atoms with Crippen LogP contribution in [0.2, 0.25) is 0 Å². The van der Waals surface area contributed by atoms with E-state index in [0.29, 0.717) is 6.54 Å². The minimum atomic E-state index is 0.138. The summed E-state index contributed by atoms with van der Waals surface area (Å²) in [6.07, 6.45) is 5.17. The average Bonchev–Trinajstić information content (AvgIpc) is 2.50. The van der Waals surface area contributed by atoms with Crippen LogP contribution in [-0.4, -0.2) is 26.2 Å². The lowest BCUT2D eigenvalue weighted by molar-refractivity contribution is 0.278. The molecule has 62 valence electrons. The standard InChI is InChI=1S/C8H9N3O/c12-4-3-11-2-1-7-8(11)5-9-6-10-7/h1-2,5-6,12H,3-4H2. The van der Waals surface area contributed by atoms with Crippen molar-refractivity contribution in [2.45, 2.75) is 6.54 Å². The second kappa shape index (κ2) is 2.91. The third kappa shape index (κ3) is 1.06. The summed E-state index contributed by atoms with van der Waals surface area (Å²) in [6.45, 7) is 0.732. The number of rotatable bonds is 2. The van der Waals surface area contributed by atoms with Crippen LogP contribution in [0.4, 0.5) is 0 Å². The fourth-order valence-electron chi connectivity index (χ4n) is 1.23. The number of hydrogen-bond acceptors (Lipinski definition) is 3. The summed E-state index contributed by atoms with van der Waals surface area (Å²) in [7, 11) is 0. The molecule has 1 N–H and O–H groups in total. The minimum Gasteiger partial charge on any atom is -0.395 e. The largest absolute Gasteiger partial charge is 0.395 e. The Balaban J connectivity index is 2.55. The molecule has 4 nitrogen and oxygen atoms in total. The van der Waals surface area contributed by atoms with Gasteiger partial charge in [0.25, 0.3) is 0 Å². The van der Waals surface area contributed by atoms with Gasteiger partial charge in [-0.25, -0.2) is 9.97 Å². The molecular formula is C8H9N3O. The zero-order valence-electron chi connectivity index (χ0n) is 6.51. The molecule has 0 amide bonds. The number of aliphatic hydroxyl groups excluding tert-OH is 1. The zero-order chi connectivity index (χ0) is 8.39. The van der Waals surface area contributed by atoms with Gasteiger partial charge < -0.3 is 9.67 Å². The number of fused-ring (bicyclic) bond motifs is 1. The SMILES string of the molecule is OCCn1ccc2ncncc21. The molecule has 0 aliphatic rings. The first-order chi connectivity index (χ1) is 5.92. The van der Waals surface area contributed by atoms with E-state index >= 15 is 0 Å². The van der Waals surface area contributed by atoms with Crippen LogP contribution in [0.15, 0.2) is 24.8 Å². The molecule has 0 atom stereocenters. The number of aliphatic hydroxyl groups is 1. The van der Waals surface area contributed by atoms with Crippen molar-refractivity contribution in [3.05, 3.63) is 24.8 Å². The van der Waals surface area contributed by atoms with Gasteiger partial charge in [0.15, 0.2) is 0 Å². The third-order valence-corrected chi connectivity index (χ3v) is 1.79. The van der Waals surface area contributed by atoms with E-state index in [-0.39, 0.29) is 6.61 Å². The van der Waals surface area contributed by atoms with E-state index in [4.69, 9.17) is 5.11 Å². The van der Waals surface area contributed by atoms with Crippen molar-refractivity contribution in [2.75, 3.05) is 6.61 Å². The summed E-state index contributed by atoms with van der Waals surface area (Å²) in [4.78, 5) is 7.98. The van der Waals surface area contributed by atoms with Gasteiger partial charge in [0.1, 0.15) is 6.33 Å². The van der Waals surface area contributed by atoms with Crippen LogP contribution < -0.4 is 0 Å². The average molecular weight is 163 g/mol. The summed E-state index contributed by atoms with van der Waals surface area (Å²) >= 11 is 0. The van der Waals surface area contributed by atoms with E-state index in [1.54, 1.807) is 6.20 Å². The van der Waals surface area contributed by atoms with Gasteiger partial charge in [-0.1, -0.05) is 0 Å². The van der Waals surface area contributed by atoms with Crippen LogP contribution in [0.5, 0.6) is 0 Å². The quantitative estimate of drug-likeness (QED) is 0.698. The van der Waals surface area contributed by atoms with Gasteiger partial charge in [-0.3, -0.25) is 0 Å². The Kier molecular flexibility index (Phi) is 1.75. The second-order valence-electron chi connectivity index (χ2n) is 2.53. The molecule has 2 aromatic heterocycles. The first kappa shape index (κ1) is 7.24. The molecule has 0 unspecified atom stereocenters. The van der Waals surface area contributed by atoms with Crippen molar-refractivity contribution < 1.29 is 5.11 Å². The Morgan fingerprint density at radius 2 is 2.42 bits per heavy atom. The van der Waals surface area contributed by atoms with Gasteiger partial charge in [0.05, 0.1) is 23.8 Å². The van der Waals surface area contributed by atoms with Gasteiger partial charge in [-0.2, -0.15) is 0 Å². The normalized spacial score (nSPS) is 10.8. The first-order valence-corrected chi connectivity index (χ1v) is 3.77. The summed E-state index contributed by atoms with van der Waals surface area (Å²) < 4.78 is 1.93. The Bertz CT molecular complexity index is 382. The van der Waals surface area contributed by atoms with Crippen LogP contribution >= 0.6 is 0 Å². The fraction of sp³-hybridized carbons (Fsp3) is 0.250. The highest BCUT2D eigenvalue weighted by molar-refractivity contribution is 5.74. The molecule has 2 rings (SSSR count). The topological polar surface area (TPSA) is 50.9 Å². The second-order valence-corrected chi connectivity index (χ2v) is 2.53. The highest BCUT2D eigenvalue weighted by Crippen LogP contribution is 2.09. The molecule has 12 heavy (non-hydrogen) atoms. The predicted octanol–water partition coefficient (Wildman–Crippen LogP) is 0.424. The van der Waals surface area contributed by atoms with Gasteiger partial charge >= 0.3 is 0 Å². The maximum absolute atomic E-state index is 8.74. The zero-order valence-corrected chi connectivity index (χ0v) is 6.51. The molecule has 0 fully saturated rings. The number of aromatic nitrogens is 3. The Morgan fingerprint density at radius 1 is 1.50 bits per heavy atom. The molecule has 0 aliphatic carbocycles. The van der Waals surface area contributed by atoms with Crippen molar-refractivity contribution in [3.63, 3.8) is 0 Å². The molecule has 2 aromatic rings. The minimum absolute atomic E-state index is 0.138. The van der Waals surface area contributed by atoms with Gasteiger partial charge in [-0.05, 0) is 6.07 Å². The van der Waals surface area contributed by atoms with Crippen molar-refractivity contribution in [1.82, 2.24) is 14.5 Å². The van der Waals surface area contributed by atoms with E-state index < -0.39 is 0 Å². The maximum atomic E-state index is 8.74. The molecule has 0 bridgehead atoms. The molecule has 0 aromatic carbocycles. The summed E-state index contributed by atoms with van der Waals surface area (Å²) in [5.74, 6) is 0.